The van der Waals surface area contributed by atoms with Crippen molar-refractivity contribution in [2.24, 2.45) is 0 Å². The lowest BCUT2D eigenvalue weighted by molar-refractivity contribution is -0.138. The van der Waals surface area contributed by atoms with Crippen LogP contribution in [0.3, 0.4) is 0 Å². The Morgan fingerprint density at radius 1 is 1.69 bits per heavy atom. The lowest BCUT2D eigenvalue weighted by Crippen LogP contribution is -2.06. The zero-order valence-electron chi connectivity index (χ0n) is 7.91. The third-order valence-electron chi connectivity index (χ3n) is 1.54. The van der Waals surface area contributed by atoms with Gasteiger partial charge in [0.2, 0.25) is 0 Å². The van der Waals surface area contributed by atoms with Crippen LogP contribution in [0.1, 0.15) is 13.8 Å². The molecule has 1 fully saturated rings. The summed E-state index contributed by atoms with van der Waals surface area (Å²) in [6.07, 6.45) is 1.63. The first-order valence-corrected chi connectivity index (χ1v) is 4.31. The summed E-state index contributed by atoms with van der Waals surface area (Å²) in [6.45, 7) is 5.08. The lowest BCUT2D eigenvalue weighted by atomic mass is 10.3. The predicted molar refractivity (Wildman–Crippen MR) is 46.1 cm³/mol. The Kier molecular flexibility index (Phi) is 3.76. The molecule has 0 spiro atoms. The Morgan fingerprint density at radius 3 is 2.92 bits per heavy atom. The number of ether oxygens (including phenoxy) is 3. The molecule has 1 rings (SSSR count). The van der Waals surface area contributed by atoms with Gasteiger partial charge in [-0.3, -0.25) is 0 Å². The zero-order chi connectivity index (χ0) is 9.68. The summed E-state index contributed by atoms with van der Waals surface area (Å²) in [7, 11) is 0. The van der Waals surface area contributed by atoms with Gasteiger partial charge >= 0.3 is 5.97 Å². The predicted octanol–water partition coefficient (Wildman–Crippen LogP) is 0.869. The van der Waals surface area contributed by atoms with Gasteiger partial charge in [0.1, 0.15) is 12.7 Å². The Bertz CT molecular complexity index is 206. The van der Waals surface area contributed by atoms with Crippen LogP contribution in [0.2, 0.25) is 0 Å². The van der Waals surface area contributed by atoms with E-state index in [4.69, 9.17) is 14.2 Å². The molecule has 1 heterocycles. The Labute approximate surface area is 77.5 Å². The number of rotatable bonds is 5. The van der Waals surface area contributed by atoms with Gasteiger partial charge in [-0.05, 0) is 13.8 Å². The largest absolute Gasteiger partial charge is 0.498 e. The number of hydrogen-bond donors (Lipinski definition) is 0. The van der Waals surface area contributed by atoms with E-state index in [0.29, 0.717) is 18.8 Å². The van der Waals surface area contributed by atoms with E-state index in [1.165, 1.54) is 6.26 Å². The first kappa shape index (κ1) is 10.1. The minimum absolute atomic E-state index is 0.214. The molecular weight excluding hydrogens is 172 g/mol. The molecule has 4 heteroatoms. The number of hydrogen-bond acceptors (Lipinski definition) is 4. The van der Waals surface area contributed by atoms with E-state index in [1.54, 1.807) is 13.8 Å². The smallest absolute Gasteiger partial charge is 0.336 e. The van der Waals surface area contributed by atoms with E-state index in [0.717, 1.165) is 6.61 Å². The van der Waals surface area contributed by atoms with Crippen molar-refractivity contribution in [1.82, 2.24) is 0 Å². The molecule has 0 bridgehead atoms. The minimum Gasteiger partial charge on any atom is -0.498 e. The van der Waals surface area contributed by atoms with Crippen molar-refractivity contribution in [2.45, 2.75) is 20.0 Å². The lowest BCUT2D eigenvalue weighted by Gasteiger charge is -2.01. The maximum atomic E-state index is 11.0. The third-order valence-corrected chi connectivity index (χ3v) is 1.54. The van der Waals surface area contributed by atoms with Crippen molar-refractivity contribution >= 4 is 5.97 Å². The summed E-state index contributed by atoms with van der Waals surface area (Å²) in [5, 5.41) is 0. The molecule has 13 heavy (non-hydrogen) atoms. The van der Waals surface area contributed by atoms with E-state index in [2.05, 4.69) is 0 Å². The molecule has 1 aliphatic rings. The Hall–Kier alpha value is -1.03. The monoisotopic (exact) mass is 186 g/mol. The molecule has 1 unspecified atom stereocenters. The number of esters is 1. The van der Waals surface area contributed by atoms with Crippen molar-refractivity contribution in [3.05, 3.63) is 11.8 Å². The summed E-state index contributed by atoms with van der Waals surface area (Å²) in [5.41, 5.74) is 0.475. The highest BCUT2D eigenvalue weighted by molar-refractivity contribution is 5.87. The Morgan fingerprint density at radius 2 is 2.38 bits per heavy atom. The van der Waals surface area contributed by atoms with Gasteiger partial charge in [-0.15, -0.1) is 0 Å². The molecule has 0 saturated carbocycles. The highest BCUT2D eigenvalue weighted by atomic mass is 16.6. The van der Waals surface area contributed by atoms with Crippen LogP contribution in [0.4, 0.5) is 0 Å². The van der Waals surface area contributed by atoms with E-state index < -0.39 is 0 Å². The summed E-state index contributed by atoms with van der Waals surface area (Å²) < 4.78 is 14.8. The number of epoxide rings is 1. The molecule has 1 atom stereocenters. The molecule has 1 aliphatic heterocycles. The maximum absolute atomic E-state index is 11.0. The second kappa shape index (κ2) is 4.87. The second-order valence-corrected chi connectivity index (χ2v) is 2.81. The topological polar surface area (TPSA) is 48.1 Å². The van der Waals surface area contributed by atoms with E-state index >= 15 is 0 Å². The molecule has 0 aromatic carbocycles. The van der Waals surface area contributed by atoms with Crippen molar-refractivity contribution in [1.29, 1.82) is 0 Å². The molecule has 4 nitrogen and oxygen atoms in total. The van der Waals surface area contributed by atoms with Gasteiger partial charge in [0.25, 0.3) is 0 Å². The van der Waals surface area contributed by atoms with Crippen LogP contribution in [0, 0.1) is 0 Å². The standard InChI is InChI=1S/C9H14O4/c1-3-12-9(10)7(2)4-11-5-8-6-13-8/h4,8H,3,5-6H2,1-2H3/b7-4+. The highest BCUT2D eigenvalue weighted by Crippen LogP contribution is 2.09. The van der Waals surface area contributed by atoms with E-state index in [-0.39, 0.29) is 12.1 Å². The van der Waals surface area contributed by atoms with Crippen LogP contribution in [-0.4, -0.2) is 31.9 Å². The summed E-state index contributed by atoms with van der Waals surface area (Å²) in [6, 6.07) is 0. The van der Waals surface area contributed by atoms with Gasteiger partial charge in [0, 0.05) is 0 Å². The molecular formula is C9H14O4. The molecule has 0 N–H and O–H groups in total. The zero-order valence-corrected chi connectivity index (χ0v) is 7.91. The van der Waals surface area contributed by atoms with Crippen molar-refractivity contribution < 1.29 is 19.0 Å². The van der Waals surface area contributed by atoms with Crippen LogP contribution < -0.4 is 0 Å². The molecule has 0 aliphatic carbocycles. The van der Waals surface area contributed by atoms with Crippen molar-refractivity contribution in [3.8, 4) is 0 Å². The maximum Gasteiger partial charge on any atom is 0.336 e. The highest BCUT2D eigenvalue weighted by Gasteiger charge is 2.22. The molecule has 0 aromatic rings. The molecule has 0 aromatic heterocycles. The summed E-state index contributed by atoms with van der Waals surface area (Å²) in [4.78, 5) is 11.0. The number of carbonyl (C=O) groups is 1. The third kappa shape index (κ3) is 3.94. The van der Waals surface area contributed by atoms with Gasteiger partial charge in [-0.1, -0.05) is 0 Å². The first-order chi connectivity index (χ1) is 6.24. The van der Waals surface area contributed by atoms with Crippen LogP contribution in [-0.2, 0) is 19.0 Å². The van der Waals surface area contributed by atoms with Gasteiger partial charge in [-0.2, -0.15) is 0 Å². The van der Waals surface area contributed by atoms with Crippen LogP contribution in [0.15, 0.2) is 11.8 Å². The van der Waals surface area contributed by atoms with E-state index in [9.17, 15) is 4.79 Å². The van der Waals surface area contributed by atoms with Gasteiger partial charge in [-0.25, -0.2) is 4.79 Å². The van der Waals surface area contributed by atoms with Crippen molar-refractivity contribution in [3.63, 3.8) is 0 Å². The minimum atomic E-state index is -0.334. The summed E-state index contributed by atoms with van der Waals surface area (Å²) >= 11 is 0. The second-order valence-electron chi connectivity index (χ2n) is 2.81. The first-order valence-electron chi connectivity index (χ1n) is 4.31. The van der Waals surface area contributed by atoms with Crippen molar-refractivity contribution in [2.75, 3.05) is 19.8 Å². The van der Waals surface area contributed by atoms with Gasteiger partial charge < -0.3 is 14.2 Å². The fraction of sp³-hybridized carbons (Fsp3) is 0.667. The van der Waals surface area contributed by atoms with Gasteiger partial charge in [0.15, 0.2) is 0 Å². The van der Waals surface area contributed by atoms with Crippen LogP contribution in [0.5, 0.6) is 0 Å². The van der Waals surface area contributed by atoms with Crippen LogP contribution in [0.25, 0.3) is 0 Å². The molecule has 0 radical (unpaired) electrons. The molecule has 0 amide bonds. The fourth-order valence-corrected chi connectivity index (χ4v) is 0.738. The molecule has 1 saturated heterocycles. The Balaban J connectivity index is 2.18. The average Bonchev–Trinajstić information content (AvgIpc) is 2.88. The SMILES string of the molecule is CCOC(=O)/C(C)=C/OCC1CO1. The average molecular weight is 186 g/mol. The molecule has 74 valence electrons. The quantitative estimate of drug-likeness (QED) is 0.276. The van der Waals surface area contributed by atoms with Gasteiger partial charge in [0.05, 0.1) is 25.0 Å². The summed E-state index contributed by atoms with van der Waals surface area (Å²) in [5.74, 6) is -0.334. The van der Waals surface area contributed by atoms with E-state index in [1.807, 2.05) is 0 Å². The van der Waals surface area contributed by atoms with Crippen LogP contribution >= 0.6 is 0 Å². The fourth-order valence-electron chi connectivity index (χ4n) is 0.738. The normalized spacial score (nSPS) is 21.1. The number of carbonyl (C=O) groups excluding carboxylic acids is 1.